The van der Waals surface area contributed by atoms with E-state index in [1.54, 1.807) is 19.1 Å². The smallest absolute Gasteiger partial charge is 0.328 e. The minimum absolute atomic E-state index is 0.0901. The van der Waals surface area contributed by atoms with Crippen molar-refractivity contribution in [2.24, 2.45) is 0 Å². The quantitative estimate of drug-likeness (QED) is 0.856. The van der Waals surface area contributed by atoms with Gasteiger partial charge in [-0.1, -0.05) is 15.9 Å². The number of nitrogens with zero attached hydrogens (tertiary/aromatic N) is 1. The van der Waals surface area contributed by atoms with Crippen LogP contribution in [-0.4, -0.2) is 41.1 Å². The molecule has 1 aliphatic rings. The van der Waals surface area contributed by atoms with Crippen molar-refractivity contribution < 1.29 is 19.4 Å². The molecule has 0 radical (unpaired) electrons. The molecule has 1 unspecified atom stereocenters. The van der Waals surface area contributed by atoms with Gasteiger partial charge in [0.05, 0.1) is 12.2 Å². The first kappa shape index (κ1) is 14.8. The number of carbonyl (C=O) groups is 2. The van der Waals surface area contributed by atoms with E-state index in [9.17, 15) is 14.7 Å². The maximum absolute atomic E-state index is 12.5. The van der Waals surface area contributed by atoms with Crippen molar-refractivity contribution >= 4 is 27.8 Å². The van der Waals surface area contributed by atoms with Gasteiger partial charge in [-0.3, -0.25) is 4.79 Å². The molecule has 6 heteroatoms. The van der Waals surface area contributed by atoms with Crippen molar-refractivity contribution in [2.45, 2.75) is 25.8 Å². The maximum atomic E-state index is 12.5. The topological polar surface area (TPSA) is 66.8 Å². The molecule has 1 amide bonds. The Balaban J connectivity index is 2.23. The molecule has 1 heterocycles. The number of hydrogen-bond donors (Lipinski definition) is 1. The van der Waals surface area contributed by atoms with Gasteiger partial charge in [0.2, 0.25) is 0 Å². The predicted molar refractivity (Wildman–Crippen MR) is 76.5 cm³/mol. The highest BCUT2D eigenvalue weighted by Gasteiger charge is 2.36. The number of phenolic OH excluding ortho intramolecular Hbond substituents is 1. The number of amides is 1. The minimum Gasteiger partial charge on any atom is -0.507 e. The molecule has 1 N–H and O–H groups in total. The molecule has 1 fully saturated rings. The summed E-state index contributed by atoms with van der Waals surface area (Å²) in [6.07, 6.45) is 1.35. The van der Waals surface area contributed by atoms with Crippen LogP contribution in [0.3, 0.4) is 0 Å². The van der Waals surface area contributed by atoms with Crippen molar-refractivity contribution in [3.8, 4) is 5.75 Å². The zero-order valence-corrected chi connectivity index (χ0v) is 12.7. The van der Waals surface area contributed by atoms with Crippen molar-refractivity contribution in [3.05, 3.63) is 28.2 Å². The first-order chi connectivity index (χ1) is 9.54. The van der Waals surface area contributed by atoms with Gasteiger partial charge < -0.3 is 14.7 Å². The van der Waals surface area contributed by atoms with Crippen LogP contribution in [0.1, 0.15) is 30.1 Å². The summed E-state index contributed by atoms with van der Waals surface area (Å²) in [6, 6.07) is 4.10. The van der Waals surface area contributed by atoms with E-state index in [-0.39, 0.29) is 23.2 Å². The van der Waals surface area contributed by atoms with E-state index in [1.807, 2.05) is 0 Å². The summed E-state index contributed by atoms with van der Waals surface area (Å²) >= 11 is 3.27. The van der Waals surface area contributed by atoms with Crippen LogP contribution in [0, 0.1) is 0 Å². The molecule has 0 spiro atoms. The second kappa shape index (κ2) is 6.26. The fourth-order valence-corrected chi connectivity index (χ4v) is 2.69. The molecule has 0 bridgehead atoms. The third-order valence-electron chi connectivity index (χ3n) is 3.26. The van der Waals surface area contributed by atoms with Crippen molar-refractivity contribution in [2.75, 3.05) is 13.2 Å². The maximum Gasteiger partial charge on any atom is 0.328 e. The Morgan fingerprint density at radius 3 is 2.95 bits per heavy atom. The lowest BCUT2D eigenvalue weighted by Gasteiger charge is -2.23. The molecule has 2 rings (SSSR count). The molecule has 0 saturated carbocycles. The van der Waals surface area contributed by atoms with Gasteiger partial charge in [-0.05, 0) is 38.0 Å². The van der Waals surface area contributed by atoms with E-state index >= 15 is 0 Å². The molecule has 1 aliphatic heterocycles. The summed E-state index contributed by atoms with van der Waals surface area (Å²) in [5.74, 6) is -0.820. The van der Waals surface area contributed by atoms with Gasteiger partial charge in [-0.25, -0.2) is 4.79 Å². The lowest BCUT2D eigenvalue weighted by atomic mass is 10.1. The fraction of sp³-hybridized carbons (Fsp3) is 0.429. The van der Waals surface area contributed by atoms with Crippen LogP contribution in [0.25, 0.3) is 0 Å². The summed E-state index contributed by atoms with van der Waals surface area (Å²) in [4.78, 5) is 25.8. The SMILES string of the molecule is CCOC(=O)C1CCCN1C(=O)c1cc(Br)ccc1O. The molecule has 108 valence electrons. The Morgan fingerprint density at radius 1 is 1.50 bits per heavy atom. The molecule has 1 saturated heterocycles. The van der Waals surface area contributed by atoms with E-state index in [2.05, 4.69) is 15.9 Å². The van der Waals surface area contributed by atoms with Crippen LogP contribution in [0.15, 0.2) is 22.7 Å². The summed E-state index contributed by atoms with van der Waals surface area (Å²) in [5.41, 5.74) is 0.190. The molecule has 0 aromatic heterocycles. The molecular formula is C14H16BrNO4. The van der Waals surface area contributed by atoms with Gasteiger partial charge in [0.25, 0.3) is 5.91 Å². The molecule has 1 aromatic rings. The van der Waals surface area contributed by atoms with E-state index in [4.69, 9.17) is 4.74 Å². The van der Waals surface area contributed by atoms with E-state index in [0.717, 1.165) is 6.42 Å². The van der Waals surface area contributed by atoms with Gasteiger partial charge in [0.1, 0.15) is 11.8 Å². The van der Waals surface area contributed by atoms with Gasteiger partial charge in [0, 0.05) is 11.0 Å². The van der Waals surface area contributed by atoms with Crippen molar-refractivity contribution in [3.63, 3.8) is 0 Å². The molecule has 5 nitrogen and oxygen atoms in total. The summed E-state index contributed by atoms with van der Waals surface area (Å²) in [6.45, 7) is 2.52. The number of benzene rings is 1. The number of hydrogen-bond acceptors (Lipinski definition) is 4. The zero-order valence-electron chi connectivity index (χ0n) is 11.1. The van der Waals surface area contributed by atoms with Gasteiger partial charge in [-0.15, -0.1) is 0 Å². The van der Waals surface area contributed by atoms with Crippen LogP contribution in [0.5, 0.6) is 5.75 Å². The highest BCUT2D eigenvalue weighted by Crippen LogP contribution is 2.27. The Labute approximate surface area is 125 Å². The number of phenols is 1. The second-order valence-corrected chi connectivity index (χ2v) is 5.49. The van der Waals surface area contributed by atoms with E-state index < -0.39 is 6.04 Å². The lowest BCUT2D eigenvalue weighted by molar-refractivity contribution is -0.147. The number of ether oxygens (including phenoxy) is 1. The average Bonchev–Trinajstić information content (AvgIpc) is 2.90. The fourth-order valence-electron chi connectivity index (χ4n) is 2.33. The Kier molecular flexibility index (Phi) is 4.65. The van der Waals surface area contributed by atoms with Gasteiger partial charge >= 0.3 is 5.97 Å². The van der Waals surface area contributed by atoms with Gasteiger partial charge in [0.15, 0.2) is 0 Å². The number of halogens is 1. The average molecular weight is 342 g/mol. The highest BCUT2D eigenvalue weighted by molar-refractivity contribution is 9.10. The van der Waals surface area contributed by atoms with Crippen LogP contribution < -0.4 is 0 Å². The van der Waals surface area contributed by atoms with Crippen LogP contribution in [0.2, 0.25) is 0 Å². The number of esters is 1. The first-order valence-corrected chi connectivity index (χ1v) is 7.30. The standard InChI is InChI=1S/C14H16BrNO4/c1-2-20-14(19)11-4-3-7-16(11)13(18)10-8-9(15)5-6-12(10)17/h5-6,8,11,17H,2-4,7H2,1H3. The normalized spacial score (nSPS) is 18.1. The number of rotatable bonds is 3. The van der Waals surface area contributed by atoms with E-state index in [0.29, 0.717) is 24.0 Å². The summed E-state index contributed by atoms with van der Waals surface area (Å²) < 4.78 is 5.69. The molecule has 0 aliphatic carbocycles. The van der Waals surface area contributed by atoms with Crippen LogP contribution in [0.4, 0.5) is 0 Å². The molecule has 1 aromatic carbocycles. The molecule has 20 heavy (non-hydrogen) atoms. The van der Waals surface area contributed by atoms with Crippen molar-refractivity contribution in [1.29, 1.82) is 0 Å². The predicted octanol–water partition coefficient (Wildman–Crippen LogP) is 2.32. The largest absolute Gasteiger partial charge is 0.507 e. The van der Waals surface area contributed by atoms with Crippen molar-refractivity contribution in [1.82, 2.24) is 4.90 Å². The van der Waals surface area contributed by atoms with Crippen LogP contribution >= 0.6 is 15.9 Å². The highest BCUT2D eigenvalue weighted by atomic mass is 79.9. The summed E-state index contributed by atoms with van der Waals surface area (Å²) in [5, 5.41) is 9.81. The second-order valence-electron chi connectivity index (χ2n) is 4.57. The Morgan fingerprint density at radius 2 is 2.25 bits per heavy atom. The molecule has 1 atom stereocenters. The Hall–Kier alpha value is -1.56. The summed E-state index contributed by atoms with van der Waals surface area (Å²) in [7, 11) is 0. The molecular weight excluding hydrogens is 326 g/mol. The third kappa shape index (κ3) is 2.95. The minimum atomic E-state index is -0.555. The van der Waals surface area contributed by atoms with Gasteiger partial charge in [-0.2, -0.15) is 0 Å². The monoisotopic (exact) mass is 341 g/mol. The van der Waals surface area contributed by atoms with Crippen LogP contribution in [-0.2, 0) is 9.53 Å². The number of likely N-dealkylation sites (tertiary alicyclic amines) is 1. The number of carbonyl (C=O) groups excluding carboxylic acids is 2. The third-order valence-corrected chi connectivity index (χ3v) is 3.75. The van der Waals surface area contributed by atoms with E-state index in [1.165, 1.54) is 11.0 Å². The zero-order chi connectivity index (χ0) is 14.7. The lowest BCUT2D eigenvalue weighted by Crippen LogP contribution is -2.41. The Bertz CT molecular complexity index is 532. The number of aromatic hydroxyl groups is 1. The first-order valence-electron chi connectivity index (χ1n) is 6.50.